The summed E-state index contributed by atoms with van der Waals surface area (Å²) in [6, 6.07) is 19.0. The largest absolute Gasteiger partial charge is 0.378 e. The quantitative estimate of drug-likeness (QED) is 0.428. The average Bonchev–Trinajstić information content (AvgIpc) is 3.22. The first kappa shape index (κ1) is 21.1. The molecule has 1 aliphatic carbocycles. The molecule has 6 heteroatoms. The first-order valence-electron chi connectivity index (χ1n) is 10.7. The van der Waals surface area contributed by atoms with E-state index in [1.807, 2.05) is 62.4 Å². The van der Waals surface area contributed by atoms with Crippen LogP contribution in [-0.2, 0) is 10.0 Å². The summed E-state index contributed by atoms with van der Waals surface area (Å²) in [5.41, 5.74) is 5.65. The molecular weight excluding hydrogens is 440 g/mol. The molecular formula is C26H25ClN2O2S. The summed E-state index contributed by atoms with van der Waals surface area (Å²) in [6.07, 6.45) is 5.30. The van der Waals surface area contributed by atoms with Crippen molar-refractivity contribution in [3.8, 4) is 0 Å². The first-order chi connectivity index (χ1) is 15.3. The third-order valence-corrected chi connectivity index (χ3v) is 8.08. The van der Waals surface area contributed by atoms with Crippen molar-refractivity contribution in [2.45, 2.75) is 37.1 Å². The number of allylic oxidation sites excluding steroid dienone is 2. The molecule has 0 aromatic heterocycles. The molecule has 1 aliphatic heterocycles. The molecule has 5 rings (SSSR count). The van der Waals surface area contributed by atoms with Gasteiger partial charge in [0.2, 0.25) is 0 Å². The Morgan fingerprint density at radius 3 is 2.47 bits per heavy atom. The smallest absolute Gasteiger partial charge is 0.261 e. The van der Waals surface area contributed by atoms with E-state index in [1.54, 1.807) is 6.07 Å². The van der Waals surface area contributed by atoms with E-state index < -0.39 is 10.0 Å². The fourth-order valence-corrected chi connectivity index (χ4v) is 6.35. The van der Waals surface area contributed by atoms with Gasteiger partial charge in [-0.3, -0.25) is 4.72 Å². The van der Waals surface area contributed by atoms with Crippen molar-refractivity contribution < 1.29 is 8.42 Å². The minimum absolute atomic E-state index is 0.0760. The second-order valence-corrected chi connectivity index (χ2v) is 10.8. The van der Waals surface area contributed by atoms with E-state index in [-0.39, 0.29) is 22.8 Å². The predicted octanol–water partition coefficient (Wildman–Crippen LogP) is 6.58. The van der Waals surface area contributed by atoms with Crippen LogP contribution in [0.25, 0.3) is 0 Å². The van der Waals surface area contributed by atoms with Crippen LogP contribution in [0.15, 0.2) is 77.7 Å². The second kappa shape index (κ2) is 7.98. The highest BCUT2D eigenvalue weighted by molar-refractivity contribution is 7.92. The lowest BCUT2D eigenvalue weighted by Gasteiger charge is -2.38. The number of rotatable bonds is 4. The van der Waals surface area contributed by atoms with Crippen LogP contribution in [0, 0.1) is 19.8 Å². The lowest BCUT2D eigenvalue weighted by molar-refractivity contribution is 0.425. The fourth-order valence-electron chi connectivity index (χ4n) is 5.02. The molecule has 3 aromatic carbocycles. The van der Waals surface area contributed by atoms with E-state index in [1.165, 1.54) is 0 Å². The van der Waals surface area contributed by atoms with Gasteiger partial charge < -0.3 is 5.32 Å². The van der Waals surface area contributed by atoms with Gasteiger partial charge in [0.25, 0.3) is 10.0 Å². The van der Waals surface area contributed by atoms with Crippen LogP contribution >= 0.6 is 11.6 Å². The molecule has 0 spiro atoms. The van der Waals surface area contributed by atoms with Gasteiger partial charge in [0, 0.05) is 22.3 Å². The molecule has 2 aliphatic rings. The van der Waals surface area contributed by atoms with Crippen molar-refractivity contribution >= 4 is 33.0 Å². The van der Waals surface area contributed by atoms with Crippen LogP contribution in [0.1, 0.15) is 40.6 Å². The maximum absolute atomic E-state index is 13.2. The van der Waals surface area contributed by atoms with Crippen LogP contribution in [0.4, 0.5) is 11.4 Å². The molecule has 0 fully saturated rings. The first-order valence-corrected chi connectivity index (χ1v) is 12.6. The predicted molar refractivity (Wildman–Crippen MR) is 131 cm³/mol. The van der Waals surface area contributed by atoms with Crippen LogP contribution < -0.4 is 10.0 Å². The fraction of sp³-hybridized carbons (Fsp3) is 0.231. The van der Waals surface area contributed by atoms with Gasteiger partial charge in [0.15, 0.2) is 0 Å². The zero-order chi connectivity index (χ0) is 22.5. The summed E-state index contributed by atoms with van der Waals surface area (Å²) >= 11 is 6.51. The third-order valence-electron chi connectivity index (χ3n) is 6.36. The number of aryl methyl sites for hydroxylation is 2. The van der Waals surface area contributed by atoms with Crippen molar-refractivity contribution in [1.82, 2.24) is 0 Å². The van der Waals surface area contributed by atoms with Crippen molar-refractivity contribution in [3.05, 3.63) is 100 Å². The number of sulfonamides is 1. The van der Waals surface area contributed by atoms with E-state index >= 15 is 0 Å². The van der Waals surface area contributed by atoms with Gasteiger partial charge in [-0.05, 0) is 84.8 Å². The van der Waals surface area contributed by atoms with Crippen LogP contribution in [0.2, 0.25) is 5.02 Å². The Hall–Kier alpha value is -2.76. The lowest BCUT2D eigenvalue weighted by atomic mass is 9.77. The van der Waals surface area contributed by atoms with Gasteiger partial charge in [-0.1, -0.05) is 48.0 Å². The second-order valence-electron chi connectivity index (χ2n) is 8.73. The molecule has 0 bridgehead atoms. The molecule has 32 heavy (non-hydrogen) atoms. The zero-order valence-corrected chi connectivity index (χ0v) is 19.5. The number of nitrogens with one attached hydrogen (secondary N) is 2. The van der Waals surface area contributed by atoms with Gasteiger partial charge in [0.1, 0.15) is 0 Å². The molecule has 3 aromatic rings. The molecule has 0 amide bonds. The molecule has 3 atom stereocenters. The molecule has 0 saturated carbocycles. The SMILES string of the molecule is Cc1cc(C)cc(NS(=O)(=O)c2ccc3c(c2)C2C=CCC2C(c2ccccc2Cl)N3)c1. The van der Waals surface area contributed by atoms with Gasteiger partial charge in [-0.25, -0.2) is 8.42 Å². The highest BCUT2D eigenvalue weighted by Crippen LogP contribution is 2.51. The number of fused-ring (bicyclic) bond motifs is 3. The van der Waals surface area contributed by atoms with E-state index in [4.69, 9.17) is 11.6 Å². The monoisotopic (exact) mass is 464 g/mol. The van der Waals surface area contributed by atoms with E-state index in [0.29, 0.717) is 5.69 Å². The van der Waals surface area contributed by atoms with Gasteiger partial charge in [-0.15, -0.1) is 0 Å². The summed E-state index contributed by atoms with van der Waals surface area (Å²) in [4.78, 5) is 0.271. The lowest BCUT2D eigenvalue weighted by Crippen LogP contribution is -2.29. The third kappa shape index (κ3) is 3.80. The van der Waals surface area contributed by atoms with Crippen LogP contribution in [0.5, 0.6) is 0 Å². The summed E-state index contributed by atoms with van der Waals surface area (Å²) in [5, 5.41) is 4.38. The number of anilines is 2. The number of benzene rings is 3. The van der Waals surface area contributed by atoms with Crippen molar-refractivity contribution in [2.75, 3.05) is 10.0 Å². The summed E-state index contributed by atoms with van der Waals surface area (Å²) in [6.45, 7) is 3.91. The Labute approximate surface area is 194 Å². The molecule has 1 heterocycles. The van der Waals surface area contributed by atoms with Crippen molar-refractivity contribution in [1.29, 1.82) is 0 Å². The Kier molecular flexibility index (Phi) is 5.26. The summed E-state index contributed by atoms with van der Waals surface area (Å²) < 4.78 is 29.1. The van der Waals surface area contributed by atoms with Gasteiger partial charge in [-0.2, -0.15) is 0 Å². The standard InChI is InChI=1S/C26H25ClN2O2S/c1-16-12-17(2)14-18(13-16)29-32(30,31)19-10-11-25-23(15-19)20-7-5-8-21(20)26(28-25)22-6-3-4-9-24(22)27/h3-7,9-15,20-21,26,28-29H,8H2,1-2H3. The Morgan fingerprint density at radius 2 is 1.72 bits per heavy atom. The van der Waals surface area contributed by atoms with E-state index in [9.17, 15) is 8.42 Å². The molecule has 0 radical (unpaired) electrons. The van der Waals surface area contributed by atoms with E-state index in [2.05, 4.69) is 28.3 Å². The van der Waals surface area contributed by atoms with Crippen molar-refractivity contribution in [2.24, 2.45) is 5.92 Å². The molecule has 2 N–H and O–H groups in total. The average molecular weight is 465 g/mol. The highest BCUT2D eigenvalue weighted by Gasteiger charge is 2.39. The van der Waals surface area contributed by atoms with Gasteiger partial charge >= 0.3 is 0 Å². The minimum atomic E-state index is -3.70. The molecule has 3 unspecified atom stereocenters. The maximum Gasteiger partial charge on any atom is 0.261 e. The van der Waals surface area contributed by atoms with Gasteiger partial charge in [0.05, 0.1) is 10.9 Å². The normalized spacial score (nSPS) is 21.5. The summed E-state index contributed by atoms with van der Waals surface area (Å²) in [7, 11) is -3.70. The topological polar surface area (TPSA) is 58.2 Å². The Balaban J connectivity index is 1.50. The maximum atomic E-state index is 13.2. The van der Waals surface area contributed by atoms with Crippen LogP contribution in [-0.4, -0.2) is 8.42 Å². The highest BCUT2D eigenvalue weighted by atomic mass is 35.5. The summed E-state index contributed by atoms with van der Waals surface area (Å²) in [5.74, 6) is 0.427. The van der Waals surface area contributed by atoms with E-state index in [0.717, 1.165) is 39.4 Å². The number of hydrogen-bond acceptors (Lipinski definition) is 3. The van der Waals surface area contributed by atoms with Crippen LogP contribution in [0.3, 0.4) is 0 Å². The Bertz CT molecular complexity index is 1310. The molecule has 0 saturated heterocycles. The Morgan fingerprint density at radius 1 is 0.969 bits per heavy atom. The molecule has 164 valence electrons. The minimum Gasteiger partial charge on any atom is -0.378 e. The number of halogens is 1. The zero-order valence-electron chi connectivity index (χ0n) is 18.0. The van der Waals surface area contributed by atoms with Crippen molar-refractivity contribution in [3.63, 3.8) is 0 Å². The molecule has 4 nitrogen and oxygen atoms in total. The number of hydrogen-bond donors (Lipinski definition) is 2.